The highest BCUT2D eigenvalue weighted by molar-refractivity contribution is 5.80. The molecule has 19 heavy (non-hydrogen) atoms. The molecule has 0 saturated heterocycles. The Kier molecular flexibility index (Phi) is 3.79. The van der Waals surface area contributed by atoms with Crippen LogP contribution in [0.15, 0.2) is 35.6 Å². The molecule has 2 rings (SSSR count). The van der Waals surface area contributed by atoms with Gasteiger partial charge in [0.15, 0.2) is 0 Å². The van der Waals surface area contributed by atoms with Crippen molar-refractivity contribution in [1.82, 2.24) is 9.97 Å². The number of aromatic nitrogens is 2. The second-order valence-electron chi connectivity index (χ2n) is 4.47. The van der Waals surface area contributed by atoms with Crippen LogP contribution in [-0.4, -0.2) is 34.1 Å². The summed E-state index contributed by atoms with van der Waals surface area (Å²) in [6, 6.07) is 7.77. The lowest BCUT2D eigenvalue weighted by molar-refractivity contribution is 0.316. The number of oxime groups is 1. The number of benzene rings is 1. The molecule has 0 saturated carbocycles. The lowest BCUT2D eigenvalue weighted by atomic mass is 10.2. The zero-order chi connectivity index (χ0) is 13.8. The monoisotopic (exact) mass is 259 g/mol. The molecule has 0 aliphatic carbocycles. The van der Waals surface area contributed by atoms with Crippen LogP contribution in [-0.2, 0) is 0 Å². The van der Waals surface area contributed by atoms with Gasteiger partial charge in [-0.1, -0.05) is 17.3 Å². The number of nitrogens with two attached hydrogens (primary N) is 1. The van der Waals surface area contributed by atoms with Gasteiger partial charge < -0.3 is 15.8 Å². The Morgan fingerprint density at radius 2 is 2.11 bits per heavy atom. The first-order valence-electron chi connectivity index (χ1n) is 6.03. The molecular formula is C13H17N5O. The molecule has 0 spiro atoms. The Balaban J connectivity index is 2.23. The van der Waals surface area contributed by atoms with E-state index in [2.05, 4.69) is 15.1 Å². The van der Waals surface area contributed by atoms with Crippen LogP contribution in [0.25, 0.3) is 11.0 Å². The van der Waals surface area contributed by atoms with Crippen LogP contribution in [0.1, 0.15) is 13.3 Å². The van der Waals surface area contributed by atoms with E-state index in [4.69, 9.17) is 10.9 Å². The fraction of sp³-hybridized carbons (Fsp3) is 0.308. The molecule has 1 unspecified atom stereocenters. The lowest BCUT2D eigenvalue weighted by Crippen LogP contribution is -2.33. The van der Waals surface area contributed by atoms with E-state index in [1.54, 1.807) is 6.20 Å². The summed E-state index contributed by atoms with van der Waals surface area (Å²) in [5, 5.41) is 11.6. The van der Waals surface area contributed by atoms with E-state index in [-0.39, 0.29) is 11.9 Å². The van der Waals surface area contributed by atoms with Gasteiger partial charge in [-0.2, -0.15) is 0 Å². The smallest absolute Gasteiger partial charge is 0.147 e. The molecule has 6 nitrogen and oxygen atoms in total. The summed E-state index contributed by atoms with van der Waals surface area (Å²) in [4.78, 5) is 10.9. The molecule has 0 aliphatic rings. The average Bonchev–Trinajstić information content (AvgIpc) is 2.45. The third-order valence-corrected chi connectivity index (χ3v) is 3.09. The Bertz CT molecular complexity index is 598. The molecule has 1 aromatic carbocycles. The first-order valence-corrected chi connectivity index (χ1v) is 6.03. The zero-order valence-corrected chi connectivity index (χ0v) is 11.0. The van der Waals surface area contributed by atoms with Crippen LogP contribution in [0.4, 0.5) is 5.82 Å². The minimum Gasteiger partial charge on any atom is -0.409 e. The minimum atomic E-state index is 0.0614. The van der Waals surface area contributed by atoms with Crippen LogP contribution in [0.2, 0.25) is 0 Å². The van der Waals surface area contributed by atoms with Gasteiger partial charge in [0.25, 0.3) is 0 Å². The number of hydrogen-bond donors (Lipinski definition) is 2. The Hall–Kier alpha value is -2.37. The van der Waals surface area contributed by atoms with Gasteiger partial charge in [0.2, 0.25) is 0 Å². The molecule has 0 aliphatic heterocycles. The second kappa shape index (κ2) is 5.51. The summed E-state index contributed by atoms with van der Waals surface area (Å²) in [5.74, 6) is 0.963. The molecule has 1 heterocycles. The maximum Gasteiger partial charge on any atom is 0.147 e. The predicted octanol–water partition coefficient (Wildman–Crippen LogP) is 1.59. The van der Waals surface area contributed by atoms with Gasteiger partial charge >= 0.3 is 0 Å². The lowest BCUT2D eigenvalue weighted by Gasteiger charge is -2.25. The first-order chi connectivity index (χ1) is 9.11. The number of anilines is 1. The fourth-order valence-corrected chi connectivity index (χ4v) is 1.82. The summed E-state index contributed by atoms with van der Waals surface area (Å²) < 4.78 is 0. The molecule has 0 amide bonds. The molecule has 3 N–H and O–H groups in total. The van der Waals surface area contributed by atoms with E-state index < -0.39 is 0 Å². The number of hydrogen-bond acceptors (Lipinski definition) is 5. The van der Waals surface area contributed by atoms with Crippen LogP contribution in [0, 0.1) is 0 Å². The third kappa shape index (κ3) is 2.90. The van der Waals surface area contributed by atoms with E-state index in [1.165, 1.54) is 0 Å². The highest BCUT2D eigenvalue weighted by Crippen LogP contribution is 2.16. The van der Waals surface area contributed by atoms with E-state index in [1.807, 2.05) is 43.1 Å². The molecule has 6 heteroatoms. The molecule has 1 atom stereocenters. The van der Waals surface area contributed by atoms with Crippen LogP contribution in [0.5, 0.6) is 0 Å². The number of fused-ring (bicyclic) bond motifs is 1. The number of amidine groups is 1. The number of para-hydroxylation sites is 2. The van der Waals surface area contributed by atoms with E-state index in [9.17, 15) is 0 Å². The van der Waals surface area contributed by atoms with E-state index in [0.717, 1.165) is 16.9 Å². The van der Waals surface area contributed by atoms with Gasteiger partial charge in [-0.15, -0.1) is 0 Å². The van der Waals surface area contributed by atoms with Crippen molar-refractivity contribution in [3.8, 4) is 0 Å². The SMILES string of the molecule is CC(CC(N)=NO)N(C)c1cnc2ccccc2n1. The van der Waals surface area contributed by atoms with Gasteiger partial charge in [-0.3, -0.25) is 4.98 Å². The Morgan fingerprint density at radius 3 is 2.79 bits per heavy atom. The normalized spacial score (nSPS) is 13.5. The summed E-state index contributed by atoms with van der Waals surface area (Å²) in [7, 11) is 1.91. The minimum absolute atomic E-state index is 0.0614. The summed E-state index contributed by atoms with van der Waals surface area (Å²) in [6.07, 6.45) is 2.19. The summed E-state index contributed by atoms with van der Waals surface area (Å²) >= 11 is 0. The Morgan fingerprint density at radius 1 is 1.42 bits per heavy atom. The topological polar surface area (TPSA) is 87.6 Å². The largest absolute Gasteiger partial charge is 0.409 e. The van der Waals surface area contributed by atoms with E-state index in [0.29, 0.717) is 6.42 Å². The third-order valence-electron chi connectivity index (χ3n) is 3.09. The van der Waals surface area contributed by atoms with Gasteiger partial charge in [-0.05, 0) is 19.1 Å². The molecule has 1 aromatic heterocycles. The highest BCUT2D eigenvalue weighted by atomic mass is 16.4. The highest BCUT2D eigenvalue weighted by Gasteiger charge is 2.13. The van der Waals surface area contributed by atoms with Crippen molar-refractivity contribution in [2.24, 2.45) is 10.9 Å². The van der Waals surface area contributed by atoms with Gasteiger partial charge in [-0.25, -0.2) is 4.98 Å². The van der Waals surface area contributed by atoms with Gasteiger partial charge in [0.05, 0.1) is 17.2 Å². The van der Waals surface area contributed by atoms with Gasteiger partial charge in [0, 0.05) is 19.5 Å². The quantitative estimate of drug-likeness (QED) is 0.377. The predicted molar refractivity (Wildman–Crippen MR) is 75.4 cm³/mol. The van der Waals surface area contributed by atoms with Crippen molar-refractivity contribution in [1.29, 1.82) is 0 Å². The molecular weight excluding hydrogens is 242 g/mol. The molecule has 0 radical (unpaired) electrons. The van der Waals surface area contributed by atoms with Crippen LogP contribution in [0.3, 0.4) is 0 Å². The maximum absolute atomic E-state index is 8.59. The fourth-order valence-electron chi connectivity index (χ4n) is 1.82. The van der Waals surface area contributed by atoms with Crippen molar-refractivity contribution in [3.63, 3.8) is 0 Å². The van der Waals surface area contributed by atoms with Crippen molar-refractivity contribution >= 4 is 22.7 Å². The molecule has 2 aromatic rings. The van der Waals surface area contributed by atoms with Crippen molar-refractivity contribution in [3.05, 3.63) is 30.5 Å². The molecule has 0 fully saturated rings. The summed E-state index contributed by atoms with van der Waals surface area (Å²) in [6.45, 7) is 1.98. The molecule has 0 bridgehead atoms. The average molecular weight is 259 g/mol. The standard InChI is InChI=1S/C13H17N5O/c1-9(7-12(14)17-19)18(2)13-8-15-10-5-3-4-6-11(10)16-13/h3-6,8-9,19H,7H2,1-2H3,(H2,14,17). The van der Waals surface area contributed by atoms with Crippen molar-refractivity contribution in [2.45, 2.75) is 19.4 Å². The van der Waals surface area contributed by atoms with Crippen molar-refractivity contribution in [2.75, 3.05) is 11.9 Å². The molecule has 100 valence electrons. The van der Waals surface area contributed by atoms with Crippen LogP contribution >= 0.6 is 0 Å². The maximum atomic E-state index is 8.59. The first kappa shape index (κ1) is 13.1. The Labute approximate surface area is 111 Å². The zero-order valence-electron chi connectivity index (χ0n) is 11.0. The van der Waals surface area contributed by atoms with Crippen LogP contribution < -0.4 is 10.6 Å². The van der Waals surface area contributed by atoms with Crippen molar-refractivity contribution < 1.29 is 5.21 Å². The number of rotatable bonds is 4. The van der Waals surface area contributed by atoms with E-state index >= 15 is 0 Å². The number of nitrogens with zero attached hydrogens (tertiary/aromatic N) is 4. The van der Waals surface area contributed by atoms with Gasteiger partial charge in [0.1, 0.15) is 11.7 Å². The summed E-state index contributed by atoms with van der Waals surface area (Å²) in [5.41, 5.74) is 7.23. The second-order valence-corrected chi connectivity index (χ2v) is 4.47.